The van der Waals surface area contributed by atoms with E-state index in [2.05, 4.69) is 38.1 Å². The van der Waals surface area contributed by atoms with Gasteiger partial charge in [-0.25, -0.2) is 4.98 Å². The fourth-order valence-corrected chi connectivity index (χ4v) is 3.63. The molecular formula is C20H28N4O2S. The molecule has 7 heteroatoms. The zero-order valence-electron chi connectivity index (χ0n) is 15.8. The SMILES string of the molecule is CN=C(NCCCOCC1CCCO1)NCc1nc(-c2ccccc2)cs1. The lowest BCUT2D eigenvalue weighted by Gasteiger charge is -2.12. The van der Waals surface area contributed by atoms with Gasteiger partial charge in [-0.1, -0.05) is 30.3 Å². The molecule has 2 aromatic rings. The van der Waals surface area contributed by atoms with Crippen molar-refractivity contribution in [2.75, 3.05) is 33.4 Å². The maximum atomic E-state index is 5.67. The normalized spacial score (nSPS) is 17.2. The summed E-state index contributed by atoms with van der Waals surface area (Å²) < 4.78 is 11.2. The van der Waals surface area contributed by atoms with E-state index in [9.17, 15) is 0 Å². The van der Waals surface area contributed by atoms with Gasteiger partial charge in [-0.05, 0) is 19.3 Å². The molecule has 0 saturated carbocycles. The number of aliphatic imine (C=N–C) groups is 1. The predicted octanol–water partition coefficient (Wildman–Crippen LogP) is 3.06. The lowest BCUT2D eigenvalue weighted by molar-refractivity contribution is 0.0168. The van der Waals surface area contributed by atoms with Gasteiger partial charge in [0.2, 0.25) is 0 Å². The Hall–Kier alpha value is -1.96. The third-order valence-corrected chi connectivity index (χ3v) is 5.19. The van der Waals surface area contributed by atoms with Gasteiger partial charge in [0.25, 0.3) is 0 Å². The molecule has 2 N–H and O–H groups in total. The van der Waals surface area contributed by atoms with Crippen molar-refractivity contribution in [3.05, 3.63) is 40.7 Å². The Labute approximate surface area is 165 Å². The van der Waals surface area contributed by atoms with Crippen LogP contribution in [0.3, 0.4) is 0 Å². The number of benzene rings is 1. The van der Waals surface area contributed by atoms with E-state index in [1.807, 2.05) is 18.2 Å². The molecule has 0 radical (unpaired) electrons. The lowest BCUT2D eigenvalue weighted by atomic mass is 10.2. The first kappa shape index (κ1) is 19.8. The fourth-order valence-electron chi connectivity index (χ4n) is 2.89. The molecule has 1 aromatic carbocycles. The van der Waals surface area contributed by atoms with Crippen molar-refractivity contribution in [1.29, 1.82) is 0 Å². The third kappa shape index (κ3) is 6.61. The Morgan fingerprint density at radius 2 is 2.22 bits per heavy atom. The predicted molar refractivity (Wildman–Crippen MR) is 110 cm³/mol. The molecule has 0 amide bonds. The lowest BCUT2D eigenvalue weighted by Crippen LogP contribution is -2.37. The van der Waals surface area contributed by atoms with Crippen molar-refractivity contribution < 1.29 is 9.47 Å². The standard InChI is InChI=1S/C20H28N4O2S/c1-21-20(22-10-6-11-25-14-17-9-5-12-26-17)23-13-19-24-18(15-27-19)16-7-3-2-4-8-16/h2-4,7-8,15,17H,5-6,9-14H2,1H3,(H2,21,22,23). The highest BCUT2D eigenvalue weighted by atomic mass is 32.1. The fraction of sp³-hybridized carbons (Fsp3) is 0.500. The number of thiazole rings is 1. The summed E-state index contributed by atoms with van der Waals surface area (Å²) in [6.07, 6.45) is 3.51. The molecule has 146 valence electrons. The highest BCUT2D eigenvalue weighted by Crippen LogP contribution is 2.21. The number of ether oxygens (including phenoxy) is 2. The van der Waals surface area contributed by atoms with Gasteiger partial charge in [-0.3, -0.25) is 4.99 Å². The van der Waals surface area contributed by atoms with Crippen LogP contribution in [0.15, 0.2) is 40.7 Å². The second-order valence-corrected chi connectivity index (χ2v) is 7.35. The van der Waals surface area contributed by atoms with Crippen LogP contribution >= 0.6 is 11.3 Å². The molecule has 1 atom stereocenters. The first-order chi connectivity index (χ1) is 13.3. The van der Waals surface area contributed by atoms with E-state index in [1.54, 1.807) is 18.4 Å². The van der Waals surface area contributed by atoms with Gasteiger partial charge in [0.15, 0.2) is 5.96 Å². The minimum absolute atomic E-state index is 0.298. The number of hydrogen-bond donors (Lipinski definition) is 2. The summed E-state index contributed by atoms with van der Waals surface area (Å²) in [5.74, 6) is 0.783. The molecule has 1 fully saturated rings. The molecule has 27 heavy (non-hydrogen) atoms. The summed E-state index contributed by atoms with van der Waals surface area (Å²) in [6, 6.07) is 10.2. The average Bonchev–Trinajstić information content (AvgIpc) is 3.39. The summed E-state index contributed by atoms with van der Waals surface area (Å²) in [6.45, 7) is 3.80. The first-order valence-electron chi connectivity index (χ1n) is 9.49. The van der Waals surface area contributed by atoms with Crippen molar-refractivity contribution in [2.24, 2.45) is 4.99 Å². The third-order valence-electron chi connectivity index (χ3n) is 4.34. The van der Waals surface area contributed by atoms with Crippen LogP contribution < -0.4 is 10.6 Å². The molecule has 0 spiro atoms. The van der Waals surface area contributed by atoms with Crippen LogP contribution in [0.1, 0.15) is 24.3 Å². The summed E-state index contributed by atoms with van der Waals surface area (Å²) in [5, 5.41) is 9.75. The molecular weight excluding hydrogens is 360 g/mol. The molecule has 3 rings (SSSR count). The molecule has 6 nitrogen and oxygen atoms in total. The van der Waals surface area contributed by atoms with E-state index in [0.717, 1.165) is 61.2 Å². The van der Waals surface area contributed by atoms with Crippen molar-refractivity contribution >= 4 is 17.3 Å². The summed E-state index contributed by atoms with van der Waals surface area (Å²) >= 11 is 1.66. The van der Waals surface area contributed by atoms with Gasteiger partial charge < -0.3 is 20.1 Å². The van der Waals surface area contributed by atoms with Crippen LogP contribution in [0.5, 0.6) is 0 Å². The van der Waals surface area contributed by atoms with Crippen LogP contribution in [0.25, 0.3) is 11.3 Å². The maximum absolute atomic E-state index is 5.67. The van der Waals surface area contributed by atoms with Crippen LogP contribution in [0.4, 0.5) is 0 Å². The topological polar surface area (TPSA) is 67.8 Å². The molecule has 1 unspecified atom stereocenters. The number of nitrogens with zero attached hydrogens (tertiary/aromatic N) is 2. The molecule has 2 heterocycles. The van der Waals surface area contributed by atoms with E-state index >= 15 is 0 Å². The monoisotopic (exact) mass is 388 g/mol. The largest absolute Gasteiger partial charge is 0.379 e. The smallest absolute Gasteiger partial charge is 0.191 e. The Bertz CT molecular complexity index is 699. The highest BCUT2D eigenvalue weighted by molar-refractivity contribution is 7.09. The minimum Gasteiger partial charge on any atom is -0.379 e. The average molecular weight is 389 g/mol. The Balaban J connectivity index is 1.31. The van der Waals surface area contributed by atoms with Gasteiger partial charge in [-0.2, -0.15) is 0 Å². The molecule has 1 aromatic heterocycles. The Morgan fingerprint density at radius 1 is 1.33 bits per heavy atom. The Morgan fingerprint density at radius 3 is 3.00 bits per heavy atom. The molecule has 0 aliphatic carbocycles. The maximum Gasteiger partial charge on any atom is 0.191 e. The second-order valence-electron chi connectivity index (χ2n) is 6.41. The van der Waals surface area contributed by atoms with E-state index < -0.39 is 0 Å². The second kappa shape index (κ2) is 11.0. The van der Waals surface area contributed by atoms with Gasteiger partial charge in [0, 0.05) is 37.7 Å². The Kier molecular flexibility index (Phi) is 8.07. The molecule has 1 aliphatic heterocycles. The minimum atomic E-state index is 0.298. The zero-order valence-corrected chi connectivity index (χ0v) is 16.6. The van der Waals surface area contributed by atoms with Crippen molar-refractivity contribution in [3.63, 3.8) is 0 Å². The first-order valence-corrected chi connectivity index (χ1v) is 10.4. The van der Waals surface area contributed by atoms with Crippen molar-refractivity contribution in [2.45, 2.75) is 31.9 Å². The quantitative estimate of drug-likeness (QED) is 0.393. The van der Waals surface area contributed by atoms with Crippen molar-refractivity contribution in [3.8, 4) is 11.3 Å². The zero-order chi connectivity index (χ0) is 18.7. The van der Waals surface area contributed by atoms with Crippen LogP contribution in [-0.2, 0) is 16.0 Å². The van der Waals surface area contributed by atoms with Gasteiger partial charge >= 0.3 is 0 Å². The highest BCUT2D eigenvalue weighted by Gasteiger charge is 2.14. The van der Waals surface area contributed by atoms with E-state index in [-0.39, 0.29) is 0 Å². The van der Waals surface area contributed by atoms with E-state index in [1.165, 1.54) is 0 Å². The van der Waals surface area contributed by atoms with E-state index in [4.69, 9.17) is 9.47 Å². The van der Waals surface area contributed by atoms with Crippen LogP contribution in [-0.4, -0.2) is 50.5 Å². The number of guanidine groups is 1. The van der Waals surface area contributed by atoms with Crippen LogP contribution in [0, 0.1) is 0 Å². The number of nitrogens with one attached hydrogen (secondary N) is 2. The van der Waals surface area contributed by atoms with E-state index in [0.29, 0.717) is 19.3 Å². The number of rotatable bonds is 9. The molecule has 0 bridgehead atoms. The molecule has 1 saturated heterocycles. The van der Waals surface area contributed by atoms with Crippen LogP contribution in [0.2, 0.25) is 0 Å². The summed E-state index contributed by atoms with van der Waals surface area (Å²) in [5.41, 5.74) is 2.16. The van der Waals surface area contributed by atoms with Gasteiger partial charge in [0.1, 0.15) is 5.01 Å². The summed E-state index contributed by atoms with van der Waals surface area (Å²) in [4.78, 5) is 8.95. The van der Waals surface area contributed by atoms with Crippen molar-refractivity contribution in [1.82, 2.24) is 15.6 Å². The van der Waals surface area contributed by atoms with Gasteiger partial charge in [-0.15, -0.1) is 11.3 Å². The molecule has 1 aliphatic rings. The summed E-state index contributed by atoms with van der Waals surface area (Å²) in [7, 11) is 1.78. The number of aromatic nitrogens is 1. The number of hydrogen-bond acceptors (Lipinski definition) is 5. The van der Waals surface area contributed by atoms with Gasteiger partial charge in [0.05, 0.1) is 24.9 Å².